The van der Waals surface area contributed by atoms with Gasteiger partial charge in [-0.15, -0.1) is 0 Å². The number of likely N-dealkylation sites (N-methyl/N-ethyl adjacent to an activating group) is 1. The Morgan fingerprint density at radius 2 is 2.26 bits per heavy atom. The summed E-state index contributed by atoms with van der Waals surface area (Å²) in [4.78, 5) is 6.53. The second-order valence-electron chi connectivity index (χ2n) is 4.93. The lowest BCUT2D eigenvalue weighted by molar-refractivity contribution is -0.0573. The molecule has 3 N–H and O–H groups in total. The molecule has 19 heavy (non-hydrogen) atoms. The largest absolute Gasteiger partial charge is 0.389 e. The van der Waals surface area contributed by atoms with Crippen LogP contribution in [-0.4, -0.2) is 47.5 Å². The molecule has 0 aromatic carbocycles. The molecule has 1 saturated heterocycles. The first-order valence-electron chi connectivity index (χ1n) is 6.28. The number of nitrogens with two attached hydrogens (primary N) is 1. The van der Waals surface area contributed by atoms with Gasteiger partial charge < -0.3 is 20.5 Å². The molecule has 1 aliphatic rings. The summed E-state index contributed by atoms with van der Waals surface area (Å²) >= 11 is 5.03. The third-order valence-electron chi connectivity index (χ3n) is 3.37. The SMILES string of the molecule is CN(CC1(O)CCOCC1)c1ncccc1C(N)=S. The van der Waals surface area contributed by atoms with Crippen molar-refractivity contribution in [2.45, 2.75) is 18.4 Å². The van der Waals surface area contributed by atoms with Crippen LogP contribution in [0.4, 0.5) is 5.82 Å². The number of hydrogen-bond donors (Lipinski definition) is 2. The summed E-state index contributed by atoms with van der Waals surface area (Å²) < 4.78 is 5.28. The van der Waals surface area contributed by atoms with Crippen LogP contribution in [0.5, 0.6) is 0 Å². The first-order valence-corrected chi connectivity index (χ1v) is 6.69. The molecular formula is C13H19N3O2S. The Kier molecular flexibility index (Phi) is 4.34. The number of hydrogen-bond acceptors (Lipinski definition) is 5. The molecule has 0 bridgehead atoms. The standard InChI is InChI=1S/C13H19N3O2S/c1-16(9-13(17)4-7-18-8-5-13)12-10(11(14)19)3-2-6-15-12/h2-3,6,17H,4-5,7-9H2,1H3,(H2,14,19). The van der Waals surface area contributed by atoms with E-state index in [9.17, 15) is 5.11 Å². The molecule has 0 aliphatic carbocycles. The maximum atomic E-state index is 10.5. The molecular weight excluding hydrogens is 262 g/mol. The van der Waals surface area contributed by atoms with Crippen LogP contribution < -0.4 is 10.6 Å². The van der Waals surface area contributed by atoms with Gasteiger partial charge >= 0.3 is 0 Å². The van der Waals surface area contributed by atoms with E-state index in [4.69, 9.17) is 22.7 Å². The minimum atomic E-state index is -0.738. The summed E-state index contributed by atoms with van der Waals surface area (Å²) in [5, 5.41) is 10.5. The maximum absolute atomic E-state index is 10.5. The van der Waals surface area contributed by atoms with Crippen molar-refractivity contribution in [2.75, 3.05) is 31.7 Å². The van der Waals surface area contributed by atoms with Crippen molar-refractivity contribution in [1.29, 1.82) is 0 Å². The highest BCUT2D eigenvalue weighted by molar-refractivity contribution is 7.80. The zero-order chi connectivity index (χ0) is 13.9. The molecule has 5 nitrogen and oxygen atoms in total. The zero-order valence-corrected chi connectivity index (χ0v) is 11.8. The molecule has 0 unspecified atom stereocenters. The minimum Gasteiger partial charge on any atom is -0.389 e. The van der Waals surface area contributed by atoms with E-state index >= 15 is 0 Å². The lowest BCUT2D eigenvalue weighted by atomic mass is 9.94. The molecule has 1 fully saturated rings. The van der Waals surface area contributed by atoms with Crippen molar-refractivity contribution in [3.05, 3.63) is 23.9 Å². The third-order valence-corrected chi connectivity index (χ3v) is 3.59. The van der Waals surface area contributed by atoms with Gasteiger partial charge in [0.1, 0.15) is 10.8 Å². The molecule has 0 spiro atoms. The van der Waals surface area contributed by atoms with E-state index in [1.54, 1.807) is 12.3 Å². The van der Waals surface area contributed by atoms with E-state index in [0.29, 0.717) is 43.4 Å². The van der Waals surface area contributed by atoms with E-state index in [-0.39, 0.29) is 0 Å². The fraction of sp³-hybridized carbons (Fsp3) is 0.538. The summed E-state index contributed by atoms with van der Waals surface area (Å²) in [6.07, 6.45) is 2.96. The van der Waals surface area contributed by atoms with Crippen molar-refractivity contribution in [3.8, 4) is 0 Å². The fourth-order valence-corrected chi connectivity index (χ4v) is 2.48. The lowest BCUT2D eigenvalue weighted by Crippen LogP contribution is -2.46. The Hall–Kier alpha value is -1.24. The molecule has 0 saturated carbocycles. The maximum Gasteiger partial charge on any atom is 0.138 e. The van der Waals surface area contributed by atoms with Crippen LogP contribution in [0.15, 0.2) is 18.3 Å². The Morgan fingerprint density at radius 1 is 1.58 bits per heavy atom. The summed E-state index contributed by atoms with van der Waals surface area (Å²) in [6, 6.07) is 3.64. The molecule has 2 rings (SSSR count). The van der Waals surface area contributed by atoms with Gasteiger partial charge in [-0.05, 0) is 12.1 Å². The van der Waals surface area contributed by atoms with Gasteiger partial charge in [-0.25, -0.2) is 4.98 Å². The average molecular weight is 281 g/mol. The predicted molar refractivity (Wildman–Crippen MR) is 78.4 cm³/mol. The average Bonchev–Trinajstić information content (AvgIpc) is 2.39. The molecule has 0 amide bonds. The van der Waals surface area contributed by atoms with Crippen LogP contribution in [0, 0.1) is 0 Å². The molecule has 6 heteroatoms. The van der Waals surface area contributed by atoms with Gasteiger partial charge in [0.25, 0.3) is 0 Å². The van der Waals surface area contributed by atoms with Crippen molar-refractivity contribution < 1.29 is 9.84 Å². The highest BCUT2D eigenvalue weighted by Gasteiger charge is 2.31. The summed E-state index contributed by atoms with van der Waals surface area (Å²) in [5.74, 6) is 0.704. The van der Waals surface area contributed by atoms with Gasteiger partial charge in [0, 0.05) is 45.8 Å². The highest BCUT2D eigenvalue weighted by atomic mass is 32.1. The first-order chi connectivity index (χ1) is 9.02. The second kappa shape index (κ2) is 5.81. The number of nitrogens with zero attached hydrogens (tertiary/aromatic N) is 2. The number of ether oxygens (including phenoxy) is 1. The quantitative estimate of drug-likeness (QED) is 0.791. The minimum absolute atomic E-state index is 0.314. The summed E-state index contributed by atoms with van der Waals surface area (Å²) in [5.41, 5.74) is 5.69. The number of aliphatic hydroxyl groups is 1. The smallest absolute Gasteiger partial charge is 0.138 e. The third kappa shape index (κ3) is 3.40. The van der Waals surface area contributed by atoms with Crippen molar-refractivity contribution >= 4 is 23.0 Å². The Balaban J connectivity index is 2.15. The van der Waals surface area contributed by atoms with Crippen LogP contribution in [0.25, 0.3) is 0 Å². The molecule has 1 aromatic heterocycles. The Morgan fingerprint density at radius 3 is 2.89 bits per heavy atom. The summed E-state index contributed by atoms with van der Waals surface area (Å²) in [6.45, 7) is 1.67. The molecule has 104 valence electrons. The number of pyridine rings is 1. The van der Waals surface area contributed by atoms with Crippen molar-refractivity contribution in [2.24, 2.45) is 5.73 Å². The summed E-state index contributed by atoms with van der Waals surface area (Å²) in [7, 11) is 1.89. The predicted octanol–water partition coefficient (Wildman–Crippen LogP) is 0.693. The van der Waals surface area contributed by atoms with E-state index < -0.39 is 5.60 Å². The van der Waals surface area contributed by atoms with Crippen molar-refractivity contribution in [3.63, 3.8) is 0 Å². The number of rotatable bonds is 4. The Bertz CT molecular complexity index is 461. The normalized spacial score (nSPS) is 18.0. The van der Waals surface area contributed by atoms with E-state index in [2.05, 4.69) is 4.98 Å². The monoisotopic (exact) mass is 281 g/mol. The molecule has 0 atom stereocenters. The van der Waals surface area contributed by atoms with Crippen molar-refractivity contribution in [1.82, 2.24) is 4.98 Å². The van der Waals surface area contributed by atoms with E-state index in [1.807, 2.05) is 18.0 Å². The second-order valence-corrected chi connectivity index (χ2v) is 5.37. The number of anilines is 1. The molecule has 1 aromatic rings. The van der Waals surface area contributed by atoms with Crippen LogP contribution in [0.1, 0.15) is 18.4 Å². The van der Waals surface area contributed by atoms with Gasteiger partial charge in [0.15, 0.2) is 0 Å². The fourth-order valence-electron chi connectivity index (χ4n) is 2.32. The molecule has 2 heterocycles. The topological polar surface area (TPSA) is 71.6 Å². The zero-order valence-electron chi connectivity index (χ0n) is 11.0. The number of aromatic nitrogens is 1. The van der Waals surface area contributed by atoms with Crippen LogP contribution in [0.3, 0.4) is 0 Å². The first kappa shape index (κ1) is 14.2. The van der Waals surface area contributed by atoms with Gasteiger partial charge in [-0.3, -0.25) is 0 Å². The van der Waals surface area contributed by atoms with Gasteiger partial charge in [0.2, 0.25) is 0 Å². The van der Waals surface area contributed by atoms with Gasteiger partial charge in [0.05, 0.1) is 11.2 Å². The van der Waals surface area contributed by atoms with E-state index in [1.165, 1.54) is 0 Å². The lowest BCUT2D eigenvalue weighted by Gasteiger charge is -2.36. The van der Waals surface area contributed by atoms with Crippen LogP contribution in [-0.2, 0) is 4.74 Å². The number of thiocarbonyl (C=S) groups is 1. The van der Waals surface area contributed by atoms with Gasteiger partial charge in [-0.1, -0.05) is 12.2 Å². The molecule has 1 aliphatic heterocycles. The molecule has 0 radical (unpaired) electrons. The van der Waals surface area contributed by atoms with Crippen LogP contribution >= 0.6 is 12.2 Å². The van der Waals surface area contributed by atoms with Gasteiger partial charge in [-0.2, -0.15) is 0 Å². The Labute approximate surface area is 118 Å². The highest BCUT2D eigenvalue weighted by Crippen LogP contribution is 2.24. The van der Waals surface area contributed by atoms with Crippen LogP contribution in [0.2, 0.25) is 0 Å². The van der Waals surface area contributed by atoms with E-state index in [0.717, 1.165) is 5.56 Å².